The van der Waals surface area contributed by atoms with Gasteiger partial charge in [-0.2, -0.15) is 0 Å². The number of benzene rings is 1. The minimum absolute atomic E-state index is 0.136. The van der Waals surface area contributed by atoms with Crippen LogP contribution in [-0.4, -0.2) is 26.2 Å². The zero-order valence-corrected chi connectivity index (χ0v) is 11.3. The summed E-state index contributed by atoms with van der Waals surface area (Å²) in [6.07, 6.45) is 3.50. The van der Waals surface area contributed by atoms with Crippen molar-refractivity contribution in [3.05, 3.63) is 59.9 Å². The first-order valence-corrected chi connectivity index (χ1v) is 6.91. The summed E-state index contributed by atoms with van der Waals surface area (Å²) in [7, 11) is 0. The minimum Gasteiger partial charge on any atom is -0.390 e. The Morgan fingerprint density at radius 1 is 1.05 bits per heavy atom. The Kier molecular flexibility index (Phi) is 2.79. The fraction of sp³-hybridized carbons (Fsp3) is 0.188. The standard InChI is InChI=1S/C16H14N4O/c21-13-9-10-3-1-2-4-11(10)15(13)19-14-6-5-12-16(20-14)18-8-7-17-12/h1-8,13,15,21H,9H2,(H,18,19,20)/t13-,15+/m1/s1. The third kappa shape index (κ3) is 2.11. The first-order valence-electron chi connectivity index (χ1n) is 6.91. The molecule has 2 heterocycles. The molecule has 0 saturated heterocycles. The number of nitrogens with one attached hydrogen (secondary N) is 1. The lowest BCUT2D eigenvalue weighted by molar-refractivity contribution is 0.165. The van der Waals surface area contributed by atoms with Gasteiger partial charge in [0.15, 0.2) is 5.65 Å². The largest absolute Gasteiger partial charge is 0.390 e. The Balaban J connectivity index is 1.68. The van der Waals surface area contributed by atoms with Crippen molar-refractivity contribution in [2.45, 2.75) is 18.6 Å². The normalized spacial score (nSPS) is 20.4. The Hall–Kier alpha value is -2.53. The van der Waals surface area contributed by atoms with E-state index in [9.17, 15) is 5.11 Å². The number of aliphatic hydroxyl groups excluding tert-OH is 1. The van der Waals surface area contributed by atoms with Crippen LogP contribution < -0.4 is 5.32 Å². The molecule has 2 atom stereocenters. The number of fused-ring (bicyclic) bond motifs is 2. The van der Waals surface area contributed by atoms with Crippen LogP contribution >= 0.6 is 0 Å². The number of rotatable bonds is 2. The zero-order chi connectivity index (χ0) is 14.2. The molecular weight excluding hydrogens is 264 g/mol. The minimum atomic E-state index is -0.443. The molecule has 0 spiro atoms. The molecule has 21 heavy (non-hydrogen) atoms. The summed E-state index contributed by atoms with van der Waals surface area (Å²) >= 11 is 0. The zero-order valence-electron chi connectivity index (χ0n) is 11.3. The quantitative estimate of drug-likeness (QED) is 0.751. The fourth-order valence-corrected chi connectivity index (χ4v) is 2.84. The molecule has 0 radical (unpaired) electrons. The second kappa shape index (κ2) is 4.79. The van der Waals surface area contributed by atoms with E-state index in [0.29, 0.717) is 17.9 Å². The van der Waals surface area contributed by atoms with E-state index in [1.54, 1.807) is 12.4 Å². The molecule has 0 saturated carbocycles. The van der Waals surface area contributed by atoms with Gasteiger partial charge in [-0.15, -0.1) is 0 Å². The molecule has 1 aliphatic carbocycles. The van der Waals surface area contributed by atoms with Crippen molar-refractivity contribution in [1.82, 2.24) is 15.0 Å². The van der Waals surface area contributed by atoms with Gasteiger partial charge in [0.25, 0.3) is 0 Å². The molecule has 1 aromatic carbocycles. The van der Waals surface area contributed by atoms with Gasteiger partial charge >= 0.3 is 0 Å². The van der Waals surface area contributed by atoms with Gasteiger partial charge in [-0.3, -0.25) is 4.98 Å². The van der Waals surface area contributed by atoms with Gasteiger partial charge in [-0.25, -0.2) is 9.97 Å². The molecule has 4 rings (SSSR count). The maximum absolute atomic E-state index is 10.3. The number of hydrogen-bond acceptors (Lipinski definition) is 5. The Labute approximate surface area is 121 Å². The van der Waals surface area contributed by atoms with Gasteiger partial charge in [0, 0.05) is 18.8 Å². The maximum atomic E-state index is 10.3. The SMILES string of the molecule is O[C@@H]1Cc2ccccc2[C@@H]1Nc1ccc2nccnc2n1. The van der Waals surface area contributed by atoms with E-state index in [-0.39, 0.29) is 6.04 Å². The summed E-state index contributed by atoms with van der Waals surface area (Å²) in [5, 5.41) is 13.6. The highest BCUT2D eigenvalue weighted by Gasteiger charge is 2.30. The Morgan fingerprint density at radius 3 is 2.86 bits per heavy atom. The Bertz CT molecular complexity index is 805. The highest BCUT2D eigenvalue weighted by molar-refractivity contribution is 5.71. The van der Waals surface area contributed by atoms with E-state index in [1.807, 2.05) is 30.3 Å². The number of pyridine rings is 1. The lowest BCUT2D eigenvalue weighted by Crippen LogP contribution is -2.21. The predicted molar refractivity (Wildman–Crippen MR) is 79.8 cm³/mol. The van der Waals surface area contributed by atoms with E-state index >= 15 is 0 Å². The topological polar surface area (TPSA) is 70.9 Å². The highest BCUT2D eigenvalue weighted by Crippen LogP contribution is 2.33. The average Bonchev–Trinajstić information content (AvgIpc) is 2.83. The summed E-state index contributed by atoms with van der Waals surface area (Å²) in [4.78, 5) is 12.9. The summed E-state index contributed by atoms with van der Waals surface area (Å²) in [5.41, 5.74) is 3.67. The number of anilines is 1. The van der Waals surface area contributed by atoms with Gasteiger partial charge < -0.3 is 10.4 Å². The van der Waals surface area contributed by atoms with Gasteiger partial charge in [0.2, 0.25) is 0 Å². The molecule has 0 amide bonds. The van der Waals surface area contributed by atoms with Crippen molar-refractivity contribution in [3.8, 4) is 0 Å². The summed E-state index contributed by atoms with van der Waals surface area (Å²) in [6, 6.07) is 11.7. The smallest absolute Gasteiger partial charge is 0.180 e. The summed E-state index contributed by atoms with van der Waals surface area (Å²) in [6.45, 7) is 0. The van der Waals surface area contributed by atoms with E-state index in [4.69, 9.17) is 0 Å². The fourth-order valence-electron chi connectivity index (χ4n) is 2.84. The van der Waals surface area contributed by atoms with Gasteiger partial charge in [-0.05, 0) is 23.3 Å². The van der Waals surface area contributed by atoms with Crippen LogP contribution in [0.3, 0.4) is 0 Å². The second-order valence-electron chi connectivity index (χ2n) is 5.19. The molecule has 2 aromatic heterocycles. The van der Waals surface area contributed by atoms with Crippen molar-refractivity contribution in [2.75, 3.05) is 5.32 Å². The van der Waals surface area contributed by atoms with Crippen LogP contribution in [-0.2, 0) is 6.42 Å². The maximum Gasteiger partial charge on any atom is 0.180 e. The Morgan fingerprint density at radius 2 is 1.90 bits per heavy atom. The van der Waals surface area contributed by atoms with E-state index in [0.717, 1.165) is 11.1 Å². The monoisotopic (exact) mass is 278 g/mol. The molecule has 0 aliphatic heterocycles. The second-order valence-corrected chi connectivity index (χ2v) is 5.19. The third-order valence-corrected chi connectivity index (χ3v) is 3.84. The molecule has 5 heteroatoms. The molecule has 0 fully saturated rings. The van der Waals surface area contributed by atoms with Crippen molar-refractivity contribution < 1.29 is 5.11 Å². The third-order valence-electron chi connectivity index (χ3n) is 3.84. The van der Waals surface area contributed by atoms with Gasteiger partial charge in [0.05, 0.1) is 12.1 Å². The van der Waals surface area contributed by atoms with Crippen molar-refractivity contribution >= 4 is 17.0 Å². The molecule has 104 valence electrons. The van der Waals surface area contributed by atoms with Crippen LogP contribution in [0.15, 0.2) is 48.8 Å². The van der Waals surface area contributed by atoms with Crippen molar-refractivity contribution in [2.24, 2.45) is 0 Å². The molecule has 3 aromatic rings. The van der Waals surface area contributed by atoms with Crippen LogP contribution in [0, 0.1) is 0 Å². The van der Waals surface area contributed by atoms with Gasteiger partial charge in [0.1, 0.15) is 11.3 Å². The first-order chi connectivity index (χ1) is 10.3. The van der Waals surface area contributed by atoms with E-state index in [1.165, 1.54) is 5.56 Å². The van der Waals surface area contributed by atoms with Crippen molar-refractivity contribution in [1.29, 1.82) is 0 Å². The molecule has 1 aliphatic rings. The number of hydrogen-bond donors (Lipinski definition) is 2. The van der Waals surface area contributed by atoms with Crippen LogP contribution in [0.4, 0.5) is 5.82 Å². The van der Waals surface area contributed by atoms with E-state index < -0.39 is 6.10 Å². The first kappa shape index (κ1) is 12.2. The van der Waals surface area contributed by atoms with Crippen LogP contribution in [0.5, 0.6) is 0 Å². The van der Waals surface area contributed by atoms with Crippen LogP contribution in [0.1, 0.15) is 17.2 Å². The molecule has 0 bridgehead atoms. The predicted octanol–water partition coefficient (Wildman–Crippen LogP) is 2.09. The van der Waals surface area contributed by atoms with Crippen LogP contribution in [0.2, 0.25) is 0 Å². The molecule has 5 nitrogen and oxygen atoms in total. The highest BCUT2D eigenvalue weighted by atomic mass is 16.3. The molecule has 2 N–H and O–H groups in total. The van der Waals surface area contributed by atoms with Crippen LogP contribution in [0.25, 0.3) is 11.2 Å². The number of aromatic nitrogens is 3. The molecule has 0 unspecified atom stereocenters. The lowest BCUT2D eigenvalue weighted by atomic mass is 10.1. The number of aliphatic hydroxyl groups is 1. The van der Waals surface area contributed by atoms with Gasteiger partial charge in [-0.1, -0.05) is 24.3 Å². The summed E-state index contributed by atoms with van der Waals surface area (Å²) < 4.78 is 0. The molecular formula is C16H14N4O. The average molecular weight is 278 g/mol. The van der Waals surface area contributed by atoms with Crippen molar-refractivity contribution in [3.63, 3.8) is 0 Å². The van der Waals surface area contributed by atoms with E-state index in [2.05, 4.69) is 26.3 Å². The number of nitrogens with zero attached hydrogens (tertiary/aromatic N) is 3. The lowest BCUT2D eigenvalue weighted by Gasteiger charge is -2.18. The summed E-state index contributed by atoms with van der Waals surface area (Å²) in [5.74, 6) is 0.698.